The Kier molecular flexibility index (Phi) is 1.66. The van der Waals surface area contributed by atoms with Gasteiger partial charge in [0.15, 0.2) is 6.61 Å². The van der Waals surface area contributed by atoms with Crippen LogP contribution in [0.5, 0.6) is 0 Å². The van der Waals surface area contributed by atoms with Crippen LogP contribution in [0.2, 0.25) is 0 Å². The number of allylic oxidation sites excluding steroid dienone is 2. The largest absolute Gasteiger partial charge is 0.487 e. The molecule has 1 rings (SSSR count). The number of hydrogen-bond acceptors (Lipinski definition) is 2. The van der Waals surface area contributed by atoms with E-state index in [2.05, 4.69) is 0 Å². The second-order valence-corrected chi connectivity index (χ2v) is 2.38. The van der Waals surface area contributed by atoms with Crippen molar-refractivity contribution in [3.8, 4) is 0 Å². The summed E-state index contributed by atoms with van der Waals surface area (Å²) >= 11 is 0. The number of ether oxygens (including phenoxy) is 1. The molecule has 0 fully saturated rings. The molecule has 0 saturated carbocycles. The molecule has 0 aliphatic carbocycles. The normalized spacial score (nSPS) is 19.5. The van der Waals surface area contributed by atoms with E-state index in [4.69, 9.17) is 4.74 Å². The van der Waals surface area contributed by atoms with Gasteiger partial charge in [0.2, 0.25) is 0 Å². The molecule has 0 N–H and O–H groups in total. The monoisotopic (exact) mass is 141 g/mol. The van der Waals surface area contributed by atoms with Crippen LogP contribution in [0, 0.1) is 0 Å². The van der Waals surface area contributed by atoms with Gasteiger partial charge in [-0.15, -0.1) is 0 Å². The standard InChI is InChI=1S/C7H11NO2/c1-5-6(2)10-4-7(9)8(5)3/h4H2,1-3H3. The van der Waals surface area contributed by atoms with Crippen molar-refractivity contribution in [3.63, 3.8) is 0 Å². The Hall–Kier alpha value is -0.990. The van der Waals surface area contributed by atoms with Gasteiger partial charge in [-0.05, 0) is 13.8 Å². The minimum absolute atomic E-state index is 0.0168. The number of rotatable bonds is 0. The summed E-state index contributed by atoms with van der Waals surface area (Å²) in [5.74, 6) is 0.852. The third kappa shape index (κ3) is 0.988. The molecule has 1 heterocycles. The van der Waals surface area contributed by atoms with Crippen molar-refractivity contribution in [2.24, 2.45) is 0 Å². The topological polar surface area (TPSA) is 29.5 Å². The predicted molar refractivity (Wildman–Crippen MR) is 37.1 cm³/mol. The summed E-state index contributed by atoms with van der Waals surface area (Å²) in [6.07, 6.45) is 0. The van der Waals surface area contributed by atoms with E-state index in [9.17, 15) is 4.79 Å². The van der Waals surface area contributed by atoms with E-state index < -0.39 is 0 Å². The highest BCUT2D eigenvalue weighted by molar-refractivity contribution is 5.79. The van der Waals surface area contributed by atoms with Gasteiger partial charge in [0, 0.05) is 7.05 Å². The summed E-state index contributed by atoms with van der Waals surface area (Å²) in [6.45, 7) is 3.91. The SMILES string of the molecule is CC1=C(C)N(C)C(=O)CO1. The van der Waals surface area contributed by atoms with Gasteiger partial charge >= 0.3 is 0 Å². The molecule has 0 saturated heterocycles. The molecule has 0 bridgehead atoms. The van der Waals surface area contributed by atoms with E-state index in [1.165, 1.54) is 0 Å². The minimum Gasteiger partial charge on any atom is -0.487 e. The predicted octanol–water partition coefficient (Wildman–Crippen LogP) is 0.726. The molecule has 0 unspecified atom stereocenters. The fraction of sp³-hybridized carbons (Fsp3) is 0.571. The first-order valence-electron chi connectivity index (χ1n) is 3.19. The summed E-state index contributed by atoms with van der Waals surface area (Å²) in [7, 11) is 1.75. The van der Waals surface area contributed by atoms with E-state index in [0.717, 1.165) is 11.5 Å². The molecule has 0 aromatic heterocycles. The first-order chi connectivity index (χ1) is 4.63. The Balaban J connectivity index is 2.88. The molecule has 1 aliphatic rings. The Morgan fingerprint density at radius 2 is 2.10 bits per heavy atom. The fourth-order valence-corrected chi connectivity index (χ4v) is 0.794. The highest BCUT2D eigenvalue weighted by Crippen LogP contribution is 2.14. The van der Waals surface area contributed by atoms with Crippen LogP contribution in [0.25, 0.3) is 0 Å². The zero-order valence-corrected chi connectivity index (χ0v) is 6.47. The summed E-state index contributed by atoms with van der Waals surface area (Å²) in [6, 6.07) is 0. The maximum Gasteiger partial charge on any atom is 0.264 e. The van der Waals surface area contributed by atoms with E-state index in [-0.39, 0.29) is 12.5 Å². The number of hydrogen-bond donors (Lipinski definition) is 0. The van der Waals surface area contributed by atoms with Crippen molar-refractivity contribution >= 4 is 5.91 Å². The molecule has 0 atom stereocenters. The van der Waals surface area contributed by atoms with Crippen LogP contribution in [0.15, 0.2) is 11.5 Å². The van der Waals surface area contributed by atoms with Crippen LogP contribution in [0.1, 0.15) is 13.8 Å². The lowest BCUT2D eigenvalue weighted by atomic mass is 10.3. The average Bonchev–Trinajstić information content (AvgIpc) is 1.93. The zero-order chi connectivity index (χ0) is 7.72. The smallest absolute Gasteiger partial charge is 0.264 e. The van der Waals surface area contributed by atoms with Gasteiger partial charge in [-0.25, -0.2) is 0 Å². The van der Waals surface area contributed by atoms with E-state index >= 15 is 0 Å². The van der Waals surface area contributed by atoms with Crippen LogP contribution in [0.3, 0.4) is 0 Å². The van der Waals surface area contributed by atoms with Crippen LogP contribution in [-0.2, 0) is 9.53 Å². The fourth-order valence-electron chi connectivity index (χ4n) is 0.794. The van der Waals surface area contributed by atoms with E-state index in [1.54, 1.807) is 11.9 Å². The lowest BCUT2D eigenvalue weighted by molar-refractivity contribution is -0.134. The van der Waals surface area contributed by atoms with Crippen LogP contribution < -0.4 is 0 Å². The first-order valence-corrected chi connectivity index (χ1v) is 3.19. The number of nitrogens with zero attached hydrogens (tertiary/aromatic N) is 1. The number of likely N-dealkylation sites (N-methyl/N-ethyl adjacent to an activating group) is 1. The van der Waals surface area contributed by atoms with Gasteiger partial charge in [-0.1, -0.05) is 0 Å². The van der Waals surface area contributed by atoms with Crippen molar-refractivity contribution < 1.29 is 9.53 Å². The molecule has 56 valence electrons. The lowest BCUT2D eigenvalue weighted by Gasteiger charge is -2.25. The second-order valence-electron chi connectivity index (χ2n) is 2.38. The van der Waals surface area contributed by atoms with E-state index in [0.29, 0.717) is 0 Å². The Labute approximate surface area is 60.3 Å². The number of carbonyl (C=O) groups is 1. The van der Waals surface area contributed by atoms with Gasteiger partial charge in [0.05, 0.1) is 5.70 Å². The molecule has 0 aromatic rings. The third-order valence-corrected chi connectivity index (χ3v) is 1.80. The number of amides is 1. The maximum atomic E-state index is 10.9. The molecule has 0 spiro atoms. The van der Waals surface area contributed by atoms with Gasteiger partial charge in [-0.3, -0.25) is 4.79 Å². The van der Waals surface area contributed by atoms with E-state index in [1.807, 2.05) is 13.8 Å². The quantitative estimate of drug-likeness (QED) is 0.497. The minimum atomic E-state index is 0.0168. The Morgan fingerprint density at radius 3 is 2.60 bits per heavy atom. The summed E-state index contributed by atoms with van der Waals surface area (Å²) in [5.41, 5.74) is 0.899. The van der Waals surface area contributed by atoms with Crippen LogP contribution >= 0.6 is 0 Å². The molecule has 10 heavy (non-hydrogen) atoms. The second kappa shape index (κ2) is 2.33. The van der Waals surface area contributed by atoms with Crippen molar-refractivity contribution in [1.29, 1.82) is 0 Å². The van der Waals surface area contributed by atoms with Gasteiger partial charge in [-0.2, -0.15) is 0 Å². The summed E-state index contributed by atoms with van der Waals surface area (Å²) in [5, 5.41) is 0. The zero-order valence-electron chi connectivity index (χ0n) is 6.47. The first kappa shape index (κ1) is 7.12. The molecule has 0 aromatic carbocycles. The summed E-state index contributed by atoms with van der Waals surface area (Å²) < 4.78 is 5.06. The van der Waals surface area contributed by atoms with Crippen molar-refractivity contribution in [1.82, 2.24) is 4.90 Å². The van der Waals surface area contributed by atoms with Crippen molar-refractivity contribution in [3.05, 3.63) is 11.5 Å². The van der Waals surface area contributed by atoms with Gasteiger partial charge in [0.25, 0.3) is 5.91 Å². The van der Waals surface area contributed by atoms with Crippen molar-refractivity contribution in [2.45, 2.75) is 13.8 Å². The molecule has 3 heteroatoms. The average molecular weight is 141 g/mol. The highest BCUT2D eigenvalue weighted by atomic mass is 16.5. The van der Waals surface area contributed by atoms with Crippen LogP contribution in [0.4, 0.5) is 0 Å². The van der Waals surface area contributed by atoms with Crippen molar-refractivity contribution in [2.75, 3.05) is 13.7 Å². The number of carbonyl (C=O) groups excluding carboxylic acids is 1. The Morgan fingerprint density at radius 1 is 1.50 bits per heavy atom. The van der Waals surface area contributed by atoms with Crippen LogP contribution in [-0.4, -0.2) is 24.5 Å². The molecule has 1 aliphatic heterocycles. The lowest BCUT2D eigenvalue weighted by Crippen LogP contribution is -2.33. The summed E-state index contributed by atoms with van der Waals surface area (Å²) in [4.78, 5) is 12.5. The highest BCUT2D eigenvalue weighted by Gasteiger charge is 2.18. The molecular formula is C7H11NO2. The molecule has 0 radical (unpaired) electrons. The van der Waals surface area contributed by atoms with Gasteiger partial charge in [0.1, 0.15) is 5.76 Å². The Bertz CT molecular complexity index is 196. The molecule has 1 amide bonds. The van der Waals surface area contributed by atoms with Gasteiger partial charge < -0.3 is 9.64 Å². The molecule has 3 nitrogen and oxygen atoms in total. The molecular weight excluding hydrogens is 130 g/mol. The third-order valence-electron chi connectivity index (χ3n) is 1.80. The maximum absolute atomic E-state index is 10.9.